The molecule has 2 aliphatic heterocycles. The van der Waals surface area contributed by atoms with Gasteiger partial charge in [0.1, 0.15) is 22.9 Å². The number of fused-ring (bicyclic) bond motifs is 2. The number of halogens is 1. The fraction of sp³-hybridized carbons (Fsp3) is 0.308. The lowest BCUT2D eigenvalue weighted by Crippen LogP contribution is -2.37. The first-order valence-corrected chi connectivity index (χ1v) is 11.8. The average Bonchev–Trinajstić information content (AvgIpc) is 3.50. The first-order chi connectivity index (χ1) is 16.5. The summed E-state index contributed by atoms with van der Waals surface area (Å²) in [4.78, 5) is 29.8. The van der Waals surface area contributed by atoms with Gasteiger partial charge in [-0.1, -0.05) is 43.0 Å². The molecule has 0 bridgehead atoms. The second-order valence-corrected chi connectivity index (χ2v) is 9.66. The van der Waals surface area contributed by atoms with Crippen LogP contribution in [0, 0.1) is 31.5 Å². The van der Waals surface area contributed by atoms with Crippen molar-refractivity contribution in [3.8, 4) is 11.3 Å². The maximum Gasteiger partial charge on any atom is 0.273 e. The molecule has 2 unspecified atom stereocenters. The molecule has 0 spiro atoms. The Morgan fingerprint density at radius 3 is 2.32 bits per heavy atom. The number of carbonyl (C=O) groups excluding carboxylic acids is 1. The number of rotatable bonds is 3. The minimum Gasteiger partial charge on any atom is -0.337 e. The van der Waals surface area contributed by atoms with Gasteiger partial charge in [-0.25, -0.2) is 19.3 Å². The van der Waals surface area contributed by atoms with Gasteiger partial charge >= 0.3 is 0 Å². The van der Waals surface area contributed by atoms with Crippen molar-refractivity contribution in [1.29, 1.82) is 0 Å². The molecule has 8 heteroatoms. The maximum atomic E-state index is 14.1. The van der Waals surface area contributed by atoms with Gasteiger partial charge in [0.25, 0.3) is 5.91 Å². The van der Waals surface area contributed by atoms with Crippen LogP contribution in [0.1, 0.15) is 21.9 Å². The minimum atomic E-state index is -0.395. The molecule has 5 heterocycles. The van der Waals surface area contributed by atoms with Gasteiger partial charge in [0.2, 0.25) is 6.71 Å². The smallest absolute Gasteiger partial charge is 0.273 e. The summed E-state index contributed by atoms with van der Waals surface area (Å²) in [5.41, 5.74) is 5.38. The number of hydrogen-bond acceptors (Lipinski definition) is 4. The van der Waals surface area contributed by atoms with E-state index in [1.165, 1.54) is 12.3 Å². The van der Waals surface area contributed by atoms with Gasteiger partial charge in [0, 0.05) is 36.2 Å². The van der Waals surface area contributed by atoms with E-state index in [0.29, 0.717) is 48.7 Å². The van der Waals surface area contributed by atoms with E-state index >= 15 is 0 Å². The SMILES string of the molecule is Cc1cc(C)nc(B2CC3CN(C(=O)c4c(-c5ccccc5)nc5ccc(F)cn45)CC3C2)n1. The Labute approximate surface area is 198 Å². The lowest BCUT2D eigenvalue weighted by Gasteiger charge is -2.19. The Kier molecular flexibility index (Phi) is 4.97. The summed E-state index contributed by atoms with van der Waals surface area (Å²) in [6, 6.07) is 14.6. The molecular weight excluding hydrogens is 428 g/mol. The molecule has 34 heavy (non-hydrogen) atoms. The first kappa shape index (κ1) is 21.0. The van der Waals surface area contributed by atoms with Crippen LogP contribution in [-0.4, -0.2) is 50.0 Å². The van der Waals surface area contributed by atoms with E-state index in [-0.39, 0.29) is 5.91 Å². The van der Waals surface area contributed by atoms with Gasteiger partial charge in [0.15, 0.2) is 0 Å². The van der Waals surface area contributed by atoms with Crippen molar-refractivity contribution in [3.05, 3.63) is 77.6 Å². The third-order valence-electron chi connectivity index (χ3n) is 7.24. The first-order valence-electron chi connectivity index (χ1n) is 11.8. The molecule has 4 aromatic rings. The van der Waals surface area contributed by atoms with Gasteiger partial charge in [-0.3, -0.25) is 9.20 Å². The Hall–Kier alpha value is -3.55. The molecule has 6 nitrogen and oxygen atoms in total. The van der Waals surface area contributed by atoms with E-state index in [1.54, 1.807) is 10.5 Å². The summed E-state index contributed by atoms with van der Waals surface area (Å²) < 4.78 is 15.7. The van der Waals surface area contributed by atoms with Crippen LogP contribution in [-0.2, 0) is 0 Å². The third kappa shape index (κ3) is 3.58. The Bertz CT molecular complexity index is 1370. The number of benzene rings is 1. The van der Waals surface area contributed by atoms with Crippen molar-refractivity contribution in [2.75, 3.05) is 13.1 Å². The average molecular weight is 453 g/mol. The van der Waals surface area contributed by atoms with Crippen molar-refractivity contribution in [3.63, 3.8) is 0 Å². The van der Waals surface area contributed by atoms with Crippen LogP contribution < -0.4 is 5.72 Å². The number of aryl methyl sites for hydroxylation is 2. The fourth-order valence-corrected chi connectivity index (χ4v) is 5.78. The molecule has 2 fully saturated rings. The third-order valence-corrected chi connectivity index (χ3v) is 7.24. The van der Waals surface area contributed by atoms with E-state index in [1.807, 2.05) is 55.1 Å². The highest BCUT2D eigenvalue weighted by Gasteiger charge is 2.46. The lowest BCUT2D eigenvalue weighted by molar-refractivity contribution is 0.0778. The standard InChI is InChI=1S/C26H25BFN5O/c1-16-10-17(2)30-26(29-16)27-11-19-13-32(14-20(19)12-27)25(34)24-23(18-6-4-3-5-7-18)31-22-9-8-21(28)15-33(22)24/h3-10,15,19-20H,11-14H2,1-2H3. The van der Waals surface area contributed by atoms with Crippen LogP contribution in [0.25, 0.3) is 16.9 Å². The number of nitrogens with zero attached hydrogens (tertiary/aromatic N) is 5. The monoisotopic (exact) mass is 453 g/mol. The fourth-order valence-electron chi connectivity index (χ4n) is 5.78. The molecule has 2 aliphatic rings. The zero-order valence-corrected chi connectivity index (χ0v) is 19.3. The van der Waals surface area contributed by atoms with Gasteiger partial charge in [-0.05, 0) is 43.9 Å². The molecule has 2 atom stereocenters. The number of imidazole rings is 1. The summed E-state index contributed by atoms with van der Waals surface area (Å²) in [7, 11) is 0. The number of carbonyl (C=O) groups is 1. The molecule has 0 saturated carbocycles. The molecule has 2 saturated heterocycles. The van der Waals surface area contributed by atoms with Crippen molar-refractivity contribution in [2.45, 2.75) is 26.5 Å². The Balaban J connectivity index is 1.29. The van der Waals surface area contributed by atoms with Gasteiger partial charge in [0.05, 0.1) is 5.72 Å². The van der Waals surface area contributed by atoms with Crippen LogP contribution in [0.3, 0.4) is 0 Å². The largest absolute Gasteiger partial charge is 0.337 e. The van der Waals surface area contributed by atoms with Crippen molar-refractivity contribution in [2.24, 2.45) is 11.8 Å². The number of amides is 1. The van der Waals surface area contributed by atoms with E-state index < -0.39 is 5.82 Å². The summed E-state index contributed by atoms with van der Waals surface area (Å²) >= 11 is 0. The highest BCUT2D eigenvalue weighted by molar-refractivity contribution is 6.72. The van der Waals surface area contributed by atoms with Crippen molar-refractivity contribution >= 4 is 24.0 Å². The van der Waals surface area contributed by atoms with Crippen LogP contribution in [0.5, 0.6) is 0 Å². The molecule has 3 aromatic heterocycles. The highest BCUT2D eigenvalue weighted by Crippen LogP contribution is 2.39. The quantitative estimate of drug-likeness (QED) is 0.445. The van der Waals surface area contributed by atoms with Crippen LogP contribution in [0.2, 0.25) is 12.6 Å². The molecule has 0 aliphatic carbocycles. The predicted octanol–water partition coefficient (Wildman–Crippen LogP) is 3.65. The van der Waals surface area contributed by atoms with Crippen LogP contribution in [0.4, 0.5) is 4.39 Å². The highest BCUT2D eigenvalue weighted by atomic mass is 19.1. The van der Waals surface area contributed by atoms with Crippen molar-refractivity contribution < 1.29 is 9.18 Å². The van der Waals surface area contributed by atoms with Gasteiger partial charge in [-0.2, -0.15) is 0 Å². The number of likely N-dealkylation sites (tertiary alicyclic amines) is 1. The van der Waals surface area contributed by atoms with E-state index in [4.69, 9.17) is 0 Å². The van der Waals surface area contributed by atoms with Crippen molar-refractivity contribution in [1.82, 2.24) is 24.3 Å². The van der Waals surface area contributed by atoms with Crippen LogP contribution >= 0.6 is 0 Å². The van der Waals surface area contributed by atoms with Gasteiger partial charge < -0.3 is 4.90 Å². The molecule has 1 aromatic carbocycles. The van der Waals surface area contributed by atoms with E-state index in [2.05, 4.69) is 15.0 Å². The minimum absolute atomic E-state index is 0.0921. The predicted molar refractivity (Wildman–Crippen MR) is 130 cm³/mol. The molecule has 0 radical (unpaired) electrons. The van der Waals surface area contributed by atoms with E-state index in [0.717, 1.165) is 35.3 Å². The molecular formula is C26H25BFN5O. The second kappa shape index (κ2) is 8.04. The molecule has 6 rings (SSSR count). The second-order valence-electron chi connectivity index (χ2n) is 9.66. The molecule has 1 amide bonds. The number of hydrogen-bond donors (Lipinski definition) is 0. The summed E-state index contributed by atoms with van der Waals surface area (Å²) in [5.74, 6) is 0.364. The zero-order chi connectivity index (χ0) is 23.4. The van der Waals surface area contributed by atoms with E-state index in [9.17, 15) is 9.18 Å². The topological polar surface area (TPSA) is 63.4 Å². The lowest BCUT2D eigenvalue weighted by atomic mass is 9.46. The maximum absolute atomic E-state index is 14.1. The summed E-state index contributed by atoms with van der Waals surface area (Å²) in [6.45, 7) is 5.76. The number of aromatic nitrogens is 4. The normalized spacial score (nSPS) is 19.7. The molecule has 0 N–H and O–H groups in total. The summed E-state index contributed by atoms with van der Waals surface area (Å²) in [6.07, 6.45) is 3.33. The summed E-state index contributed by atoms with van der Waals surface area (Å²) in [5, 5.41) is 0. The van der Waals surface area contributed by atoms with Gasteiger partial charge in [-0.15, -0.1) is 0 Å². The van der Waals surface area contributed by atoms with Crippen LogP contribution in [0.15, 0.2) is 54.7 Å². The zero-order valence-electron chi connectivity index (χ0n) is 19.3. The Morgan fingerprint density at radius 1 is 0.971 bits per heavy atom. The number of pyridine rings is 1. The molecule has 170 valence electrons. The Morgan fingerprint density at radius 2 is 1.65 bits per heavy atom.